The topological polar surface area (TPSA) is 96.0 Å². The molecule has 3 rings (SSSR count). The summed E-state index contributed by atoms with van der Waals surface area (Å²) in [6.45, 7) is 9.38. The molecule has 1 atom stereocenters. The van der Waals surface area contributed by atoms with E-state index in [1.54, 1.807) is 24.3 Å². The van der Waals surface area contributed by atoms with Crippen molar-refractivity contribution in [3.8, 4) is 5.75 Å². The van der Waals surface area contributed by atoms with E-state index in [2.05, 4.69) is 5.32 Å². The van der Waals surface area contributed by atoms with Crippen molar-refractivity contribution in [3.05, 3.63) is 89.0 Å². The molecule has 0 radical (unpaired) electrons. The fraction of sp³-hybridized carbons (Fsp3) is 0.355. The van der Waals surface area contributed by atoms with Gasteiger partial charge in [-0.05, 0) is 69.5 Å². The number of amides is 2. The highest BCUT2D eigenvalue weighted by Crippen LogP contribution is 2.34. The second-order valence-electron chi connectivity index (χ2n) is 9.83. The van der Waals surface area contributed by atoms with Gasteiger partial charge in [-0.1, -0.05) is 60.5 Å². The van der Waals surface area contributed by atoms with Crippen LogP contribution in [0.2, 0.25) is 0 Å². The fourth-order valence-corrected chi connectivity index (χ4v) is 5.86. The first kappa shape index (κ1) is 30.7. The van der Waals surface area contributed by atoms with Gasteiger partial charge in [-0.15, -0.1) is 0 Å². The Morgan fingerprint density at radius 3 is 2.00 bits per heavy atom. The van der Waals surface area contributed by atoms with E-state index in [9.17, 15) is 18.0 Å². The van der Waals surface area contributed by atoms with Gasteiger partial charge >= 0.3 is 0 Å². The number of hydrogen-bond acceptors (Lipinski definition) is 5. The van der Waals surface area contributed by atoms with Crippen LogP contribution in [0.1, 0.15) is 42.5 Å². The molecular formula is C31H39N3O5S. The number of sulfonamides is 1. The third-order valence-corrected chi connectivity index (χ3v) is 8.48. The predicted molar refractivity (Wildman–Crippen MR) is 158 cm³/mol. The summed E-state index contributed by atoms with van der Waals surface area (Å²) in [7, 11) is -2.73. The number of carbonyl (C=O) groups is 2. The monoisotopic (exact) mass is 565 g/mol. The van der Waals surface area contributed by atoms with Crippen LogP contribution in [0.25, 0.3) is 0 Å². The summed E-state index contributed by atoms with van der Waals surface area (Å²) in [4.78, 5) is 28.7. The molecule has 0 saturated carbocycles. The highest BCUT2D eigenvalue weighted by atomic mass is 32.2. The Kier molecular flexibility index (Phi) is 10.3. The maximum atomic E-state index is 14.1. The second kappa shape index (κ2) is 13.5. The van der Waals surface area contributed by atoms with E-state index in [0.29, 0.717) is 18.7 Å². The van der Waals surface area contributed by atoms with Crippen molar-refractivity contribution < 1.29 is 22.7 Å². The number of hydrogen-bond donors (Lipinski definition) is 1. The number of nitrogens with zero attached hydrogens (tertiary/aromatic N) is 2. The molecule has 0 saturated heterocycles. The predicted octanol–water partition coefficient (Wildman–Crippen LogP) is 4.76. The van der Waals surface area contributed by atoms with Gasteiger partial charge in [-0.2, -0.15) is 0 Å². The van der Waals surface area contributed by atoms with E-state index in [0.717, 1.165) is 26.6 Å². The van der Waals surface area contributed by atoms with Crippen LogP contribution in [0.15, 0.2) is 71.6 Å². The number of rotatable bonds is 12. The van der Waals surface area contributed by atoms with E-state index in [1.807, 2.05) is 65.0 Å². The molecule has 1 N–H and O–H groups in total. The number of benzene rings is 3. The molecule has 3 aromatic rings. The summed E-state index contributed by atoms with van der Waals surface area (Å²) < 4.78 is 34.8. The fourth-order valence-electron chi connectivity index (χ4n) is 4.45. The highest BCUT2D eigenvalue weighted by Gasteiger charge is 2.34. The zero-order valence-electron chi connectivity index (χ0n) is 24.1. The van der Waals surface area contributed by atoms with Crippen molar-refractivity contribution in [2.24, 2.45) is 0 Å². The van der Waals surface area contributed by atoms with E-state index in [-0.39, 0.29) is 23.0 Å². The lowest BCUT2D eigenvalue weighted by Gasteiger charge is -2.33. The molecule has 1 unspecified atom stereocenters. The zero-order chi connectivity index (χ0) is 29.4. The van der Waals surface area contributed by atoms with Gasteiger partial charge in [0.1, 0.15) is 18.3 Å². The summed E-state index contributed by atoms with van der Waals surface area (Å²) in [6, 6.07) is 18.6. The number of nitrogens with one attached hydrogen (secondary N) is 1. The average Bonchev–Trinajstić information content (AvgIpc) is 2.92. The van der Waals surface area contributed by atoms with Crippen molar-refractivity contribution >= 4 is 27.5 Å². The molecule has 0 aliphatic rings. The van der Waals surface area contributed by atoms with Gasteiger partial charge in [0.05, 0.1) is 17.7 Å². The van der Waals surface area contributed by atoms with Gasteiger partial charge in [0.2, 0.25) is 11.8 Å². The van der Waals surface area contributed by atoms with Crippen molar-refractivity contribution in [1.82, 2.24) is 10.2 Å². The largest absolute Gasteiger partial charge is 0.495 e. The van der Waals surface area contributed by atoms with E-state index < -0.39 is 28.5 Å². The van der Waals surface area contributed by atoms with Gasteiger partial charge in [-0.3, -0.25) is 13.9 Å². The summed E-state index contributed by atoms with van der Waals surface area (Å²) in [5, 5.41) is 2.81. The first-order valence-electron chi connectivity index (χ1n) is 13.4. The minimum atomic E-state index is -4.18. The number of carbonyl (C=O) groups excluding carboxylic acids is 2. The number of anilines is 1. The molecule has 3 aromatic carbocycles. The first-order chi connectivity index (χ1) is 19.0. The molecular weight excluding hydrogens is 526 g/mol. The molecule has 0 aliphatic carbocycles. The van der Waals surface area contributed by atoms with Crippen LogP contribution in [-0.4, -0.2) is 51.4 Å². The molecule has 0 fully saturated rings. The summed E-state index contributed by atoms with van der Waals surface area (Å²) in [5.41, 5.74) is 3.86. The number of aryl methyl sites for hydroxylation is 3. The molecule has 214 valence electrons. The molecule has 0 aromatic heterocycles. The Morgan fingerprint density at radius 1 is 0.875 bits per heavy atom. The average molecular weight is 566 g/mol. The SMILES string of the molecule is CCNC(=O)C(CC)N(Cc1ccc(C)cc1)C(=O)CN(c1cc(C)ccc1OC)S(=O)(=O)c1ccc(C)cc1. The number of likely N-dealkylation sites (N-methyl/N-ethyl adjacent to an activating group) is 1. The summed E-state index contributed by atoms with van der Waals surface area (Å²) in [5.74, 6) is -0.473. The summed E-state index contributed by atoms with van der Waals surface area (Å²) >= 11 is 0. The van der Waals surface area contributed by atoms with Crippen LogP contribution in [-0.2, 0) is 26.2 Å². The molecule has 0 aliphatic heterocycles. The summed E-state index contributed by atoms with van der Waals surface area (Å²) in [6.07, 6.45) is 0.363. The Balaban J connectivity index is 2.12. The van der Waals surface area contributed by atoms with Crippen LogP contribution < -0.4 is 14.4 Å². The second-order valence-corrected chi connectivity index (χ2v) is 11.7. The Hall–Kier alpha value is -3.85. The van der Waals surface area contributed by atoms with Gasteiger partial charge in [-0.25, -0.2) is 8.42 Å². The smallest absolute Gasteiger partial charge is 0.264 e. The number of methoxy groups -OCH3 is 1. The van der Waals surface area contributed by atoms with Crippen LogP contribution in [0.5, 0.6) is 5.75 Å². The quantitative estimate of drug-likeness (QED) is 0.342. The van der Waals surface area contributed by atoms with Crippen molar-refractivity contribution in [3.63, 3.8) is 0 Å². The zero-order valence-corrected chi connectivity index (χ0v) is 24.9. The lowest BCUT2D eigenvalue weighted by molar-refractivity contribution is -0.140. The Labute approximate surface area is 238 Å². The number of ether oxygens (including phenoxy) is 1. The third kappa shape index (κ3) is 7.21. The maximum absolute atomic E-state index is 14.1. The van der Waals surface area contributed by atoms with Crippen LogP contribution in [0.4, 0.5) is 5.69 Å². The molecule has 0 spiro atoms. The van der Waals surface area contributed by atoms with Gasteiger partial charge < -0.3 is 15.0 Å². The standard InChI is InChI=1S/C31H39N3O5S/c1-7-27(31(36)32-8-2)33(20-25-14-9-22(3)10-15-25)30(35)21-34(28-19-24(5)13-18-29(28)39-6)40(37,38)26-16-11-23(4)12-17-26/h9-19,27H,7-8,20-21H2,1-6H3,(H,32,36). The molecule has 40 heavy (non-hydrogen) atoms. The minimum Gasteiger partial charge on any atom is -0.495 e. The van der Waals surface area contributed by atoms with Crippen molar-refractivity contribution in [1.29, 1.82) is 0 Å². The molecule has 8 nitrogen and oxygen atoms in total. The molecule has 9 heteroatoms. The van der Waals surface area contributed by atoms with Crippen molar-refractivity contribution in [2.75, 3.05) is 24.5 Å². The van der Waals surface area contributed by atoms with Gasteiger partial charge in [0.15, 0.2) is 0 Å². The van der Waals surface area contributed by atoms with Gasteiger partial charge in [0, 0.05) is 13.1 Å². The molecule has 0 bridgehead atoms. The molecule has 0 heterocycles. The van der Waals surface area contributed by atoms with E-state index >= 15 is 0 Å². The van der Waals surface area contributed by atoms with Gasteiger partial charge in [0.25, 0.3) is 10.0 Å². The van der Waals surface area contributed by atoms with Crippen LogP contribution >= 0.6 is 0 Å². The van der Waals surface area contributed by atoms with E-state index in [1.165, 1.54) is 24.1 Å². The minimum absolute atomic E-state index is 0.0512. The maximum Gasteiger partial charge on any atom is 0.264 e. The first-order valence-corrected chi connectivity index (χ1v) is 14.8. The Bertz CT molecular complexity index is 1420. The lowest BCUT2D eigenvalue weighted by atomic mass is 10.1. The van der Waals surface area contributed by atoms with Crippen molar-refractivity contribution in [2.45, 2.75) is 58.5 Å². The molecule has 2 amide bonds. The van der Waals surface area contributed by atoms with E-state index in [4.69, 9.17) is 4.74 Å². The normalized spacial score (nSPS) is 11.9. The van der Waals surface area contributed by atoms with Crippen LogP contribution in [0.3, 0.4) is 0 Å². The lowest BCUT2D eigenvalue weighted by Crippen LogP contribution is -2.52. The highest BCUT2D eigenvalue weighted by molar-refractivity contribution is 7.92. The Morgan fingerprint density at radius 2 is 1.45 bits per heavy atom. The third-order valence-electron chi connectivity index (χ3n) is 6.70. The van der Waals surface area contributed by atoms with Crippen LogP contribution in [0, 0.1) is 20.8 Å².